The van der Waals surface area contributed by atoms with Crippen molar-refractivity contribution < 1.29 is 18.8 Å². The summed E-state index contributed by atoms with van der Waals surface area (Å²) in [4.78, 5) is 9.27. The molecule has 1 atom stereocenters. The second-order valence-electron chi connectivity index (χ2n) is 3.18. The third-order valence-electron chi connectivity index (χ3n) is 2.06. The number of rotatable bonds is 4. The van der Waals surface area contributed by atoms with E-state index in [0.29, 0.717) is 12.1 Å². The molecule has 0 radical (unpaired) electrons. The van der Waals surface area contributed by atoms with E-state index in [-0.39, 0.29) is 18.5 Å². The molecule has 0 heterocycles. The molecule has 0 bridgehead atoms. The van der Waals surface area contributed by atoms with Gasteiger partial charge in [-0.25, -0.2) is 4.39 Å². The first-order valence-electron chi connectivity index (χ1n) is 4.48. The molecule has 0 saturated heterocycles. The third kappa shape index (κ3) is 2.50. The van der Waals surface area contributed by atoms with Crippen LogP contribution in [0.5, 0.6) is 0 Å². The normalized spacial score (nSPS) is 12.5. The van der Waals surface area contributed by atoms with Crippen molar-refractivity contribution in [2.24, 2.45) is 5.73 Å². The molecule has 1 rings (SSSR count). The van der Waals surface area contributed by atoms with Gasteiger partial charge in [-0.15, -0.1) is 0 Å². The molecule has 7 heteroatoms. The molecule has 1 unspecified atom stereocenters. The maximum absolute atomic E-state index is 13.3. The van der Waals surface area contributed by atoms with E-state index in [0.717, 1.165) is 0 Å². The minimum absolute atomic E-state index is 0.0498. The molecular weight excluding hydrogens is 222 g/mol. The Morgan fingerprint density at radius 2 is 2.06 bits per heavy atom. The first-order valence-corrected chi connectivity index (χ1v) is 4.48. The van der Waals surface area contributed by atoms with Crippen LogP contribution in [0.2, 0.25) is 0 Å². The lowest BCUT2D eigenvalue weighted by atomic mass is 10.1. The fourth-order valence-corrected chi connectivity index (χ4v) is 1.26. The lowest BCUT2D eigenvalue weighted by Gasteiger charge is -2.10. The highest BCUT2D eigenvalue weighted by molar-refractivity contribution is 5.37. The van der Waals surface area contributed by atoms with Gasteiger partial charge < -0.3 is 10.8 Å². The molecule has 0 aliphatic rings. The zero-order chi connectivity index (χ0) is 12.3. The van der Waals surface area contributed by atoms with Crippen molar-refractivity contribution in [1.82, 2.24) is 0 Å². The summed E-state index contributed by atoms with van der Waals surface area (Å²) in [5, 5.41) is 19.7. The van der Waals surface area contributed by atoms with Gasteiger partial charge in [0.1, 0.15) is 5.82 Å². The van der Waals surface area contributed by atoms with Crippen LogP contribution in [-0.2, 0) is 0 Å². The van der Waals surface area contributed by atoms with Crippen molar-refractivity contribution in [3.8, 4) is 0 Å². The Hall–Kier alpha value is -1.60. The van der Waals surface area contributed by atoms with E-state index in [1.807, 2.05) is 0 Å². The second kappa shape index (κ2) is 4.95. The van der Waals surface area contributed by atoms with Gasteiger partial charge in [-0.3, -0.25) is 10.1 Å². The number of halogens is 2. The highest BCUT2D eigenvalue weighted by Gasteiger charge is 2.21. The largest absolute Gasteiger partial charge is 0.388 e. The summed E-state index contributed by atoms with van der Waals surface area (Å²) in [6, 6.07) is 1.07. The summed E-state index contributed by atoms with van der Waals surface area (Å²) in [5.74, 6) is -2.20. The van der Waals surface area contributed by atoms with Gasteiger partial charge in [0.05, 0.1) is 17.1 Å². The van der Waals surface area contributed by atoms with Crippen LogP contribution in [0, 0.1) is 21.7 Å². The zero-order valence-corrected chi connectivity index (χ0v) is 8.19. The van der Waals surface area contributed by atoms with Gasteiger partial charge in [0.25, 0.3) is 0 Å². The van der Waals surface area contributed by atoms with Gasteiger partial charge in [0.2, 0.25) is 5.82 Å². The number of nitrogens with two attached hydrogens (primary N) is 1. The number of aliphatic hydroxyl groups is 1. The summed E-state index contributed by atoms with van der Waals surface area (Å²) >= 11 is 0. The van der Waals surface area contributed by atoms with Crippen LogP contribution in [0.3, 0.4) is 0 Å². The molecular formula is C9H10F2N2O3. The molecule has 1 aromatic carbocycles. The molecule has 3 N–H and O–H groups in total. The van der Waals surface area contributed by atoms with Crippen LogP contribution in [0.25, 0.3) is 0 Å². The minimum Gasteiger partial charge on any atom is -0.388 e. The van der Waals surface area contributed by atoms with Crippen molar-refractivity contribution in [2.45, 2.75) is 12.5 Å². The van der Waals surface area contributed by atoms with Crippen LogP contribution < -0.4 is 5.73 Å². The summed E-state index contributed by atoms with van der Waals surface area (Å²) in [6.45, 7) is 0.0964. The Kier molecular flexibility index (Phi) is 3.86. The van der Waals surface area contributed by atoms with Crippen LogP contribution in [0.4, 0.5) is 14.5 Å². The predicted octanol–water partition coefficient (Wildman–Crippen LogP) is 1.26. The first-order chi connectivity index (χ1) is 7.47. The Bertz CT molecular complexity index is 412. The van der Waals surface area contributed by atoms with Crippen molar-refractivity contribution in [1.29, 1.82) is 0 Å². The Morgan fingerprint density at radius 1 is 1.44 bits per heavy atom. The van der Waals surface area contributed by atoms with Crippen molar-refractivity contribution in [3.05, 3.63) is 39.4 Å². The molecule has 5 nitrogen and oxygen atoms in total. The standard InChI is InChI=1S/C9H10F2N2O3/c10-6-4-8(13(15)16)7(11)3-5(6)9(14)1-2-12/h3-4,9,14H,1-2,12H2. The highest BCUT2D eigenvalue weighted by Crippen LogP contribution is 2.26. The molecule has 0 spiro atoms. The number of nitro benzene ring substituents is 1. The average Bonchev–Trinajstić information content (AvgIpc) is 2.20. The Balaban J connectivity index is 3.15. The lowest BCUT2D eigenvalue weighted by Crippen LogP contribution is -2.09. The van der Waals surface area contributed by atoms with Crippen LogP contribution in [0.1, 0.15) is 18.1 Å². The van der Waals surface area contributed by atoms with Crippen LogP contribution in [0.15, 0.2) is 12.1 Å². The van der Waals surface area contributed by atoms with Gasteiger partial charge in [0.15, 0.2) is 0 Å². The number of nitro groups is 1. The topological polar surface area (TPSA) is 89.4 Å². The number of hydrogen-bond acceptors (Lipinski definition) is 4. The zero-order valence-electron chi connectivity index (χ0n) is 8.19. The summed E-state index contributed by atoms with van der Waals surface area (Å²) < 4.78 is 26.4. The summed E-state index contributed by atoms with van der Waals surface area (Å²) in [7, 11) is 0. The number of aliphatic hydroxyl groups excluding tert-OH is 1. The SMILES string of the molecule is NCCC(O)c1cc(F)c([N+](=O)[O-])cc1F. The lowest BCUT2D eigenvalue weighted by molar-refractivity contribution is -0.387. The highest BCUT2D eigenvalue weighted by atomic mass is 19.1. The van der Waals surface area contributed by atoms with Crippen molar-refractivity contribution >= 4 is 5.69 Å². The van der Waals surface area contributed by atoms with E-state index in [4.69, 9.17) is 5.73 Å². The van der Waals surface area contributed by atoms with Crippen molar-refractivity contribution in [2.75, 3.05) is 6.54 Å². The van der Waals surface area contributed by atoms with Gasteiger partial charge in [0, 0.05) is 5.56 Å². The Morgan fingerprint density at radius 3 is 2.56 bits per heavy atom. The molecule has 0 fully saturated rings. The molecule has 0 aromatic heterocycles. The van der Waals surface area contributed by atoms with E-state index < -0.39 is 28.3 Å². The Labute approximate surface area is 89.6 Å². The smallest absolute Gasteiger partial charge is 0.307 e. The van der Waals surface area contributed by atoms with E-state index >= 15 is 0 Å². The summed E-state index contributed by atoms with van der Waals surface area (Å²) in [6.07, 6.45) is -1.21. The molecule has 0 saturated carbocycles. The van der Waals surface area contributed by atoms with E-state index in [1.54, 1.807) is 0 Å². The van der Waals surface area contributed by atoms with E-state index in [1.165, 1.54) is 0 Å². The maximum Gasteiger partial charge on any atom is 0.307 e. The third-order valence-corrected chi connectivity index (χ3v) is 2.06. The average molecular weight is 232 g/mol. The van der Waals surface area contributed by atoms with Gasteiger partial charge in [-0.05, 0) is 19.0 Å². The monoisotopic (exact) mass is 232 g/mol. The fraction of sp³-hybridized carbons (Fsp3) is 0.333. The minimum atomic E-state index is -1.26. The number of hydrogen-bond donors (Lipinski definition) is 2. The van der Waals surface area contributed by atoms with Crippen molar-refractivity contribution in [3.63, 3.8) is 0 Å². The first kappa shape index (κ1) is 12.5. The van der Waals surface area contributed by atoms with Gasteiger partial charge >= 0.3 is 5.69 Å². The number of nitrogens with zero attached hydrogens (tertiary/aromatic N) is 1. The van der Waals surface area contributed by atoms with E-state index in [2.05, 4.69) is 0 Å². The van der Waals surface area contributed by atoms with E-state index in [9.17, 15) is 24.0 Å². The second-order valence-corrected chi connectivity index (χ2v) is 3.18. The number of benzene rings is 1. The van der Waals surface area contributed by atoms with Gasteiger partial charge in [-0.2, -0.15) is 4.39 Å². The summed E-state index contributed by atoms with van der Waals surface area (Å²) in [5.41, 5.74) is 3.87. The molecule has 0 amide bonds. The molecule has 16 heavy (non-hydrogen) atoms. The maximum atomic E-state index is 13.3. The molecule has 88 valence electrons. The van der Waals surface area contributed by atoms with Gasteiger partial charge in [-0.1, -0.05) is 0 Å². The molecule has 1 aromatic rings. The predicted molar refractivity (Wildman–Crippen MR) is 51.6 cm³/mol. The fourth-order valence-electron chi connectivity index (χ4n) is 1.26. The quantitative estimate of drug-likeness (QED) is 0.604. The molecule has 0 aliphatic carbocycles. The molecule has 0 aliphatic heterocycles. The van der Waals surface area contributed by atoms with Crippen LogP contribution >= 0.6 is 0 Å². The van der Waals surface area contributed by atoms with Crippen LogP contribution in [-0.4, -0.2) is 16.6 Å².